The van der Waals surface area contributed by atoms with Crippen molar-refractivity contribution in [1.82, 2.24) is 4.90 Å². The molecule has 1 aromatic rings. The smallest absolute Gasteiger partial charge is 0.321 e. The van der Waals surface area contributed by atoms with Crippen molar-refractivity contribution in [3.05, 3.63) is 29.3 Å². The quantitative estimate of drug-likeness (QED) is 0.553. The highest BCUT2D eigenvalue weighted by Crippen LogP contribution is 2.68. The number of hydrogen-bond acceptors (Lipinski definition) is 6. The van der Waals surface area contributed by atoms with Crippen LogP contribution in [-0.2, 0) is 30.9 Å². The lowest BCUT2D eigenvalue weighted by molar-refractivity contribution is -0.208. The lowest BCUT2D eigenvalue weighted by Gasteiger charge is -2.71. The molecule has 31 heavy (non-hydrogen) atoms. The molecule has 1 N–H and O–H groups in total. The number of likely N-dealkylation sites (N-methyl/N-ethyl adjacent to an activating group) is 1. The molecule has 2 heterocycles. The molecular weight excluding hydrogens is 394 g/mol. The maximum absolute atomic E-state index is 13.8. The van der Waals surface area contributed by atoms with E-state index in [1.165, 1.54) is 5.56 Å². The first kappa shape index (κ1) is 22.3. The van der Waals surface area contributed by atoms with E-state index in [1.54, 1.807) is 20.1 Å². The molecule has 6 unspecified atom stereocenters. The average Bonchev–Trinajstić information content (AvgIpc) is 2.72. The van der Waals surface area contributed by atoms with Crippen molar-refractivity contribution in [3.63, 3.8) is 0 Å². The fraction of sp³-hybridized carbons (Fsp3) is 0.680. The summed E-state index contributed by atoms with van der Waals surface area (Å²) in [5.74, 6) is -0.220. The van der Waals surface area contributed by atoms with Gasteiger partial charge < -0.3 is 14.6 Å². The Balaban J connectivity index is 1.86. The van der Waals surface area contributed by atoms with Crippen LogP contribution < -0.4 is 0 Å². The van der Waals surface area contributed by atoms with E-state index in [1.807, 2.05) is 19.1 Å². The van der Waals surface area contributed by atoms with Crippen molar-refractivity contribution in [2.75, 3.05) is 20.8 Å². The van der Waals surface area contributed by atoms with Crippen LogP contribution in [0.1, 0.15) is 58.1 Å². The number of phenols is 1. The highest BCUT2D eigenvalue weighted by molar-refractivity contribution is 6.05. The van der Waals surface area contributed by atoms with Gasteiger partial charge in [-0.25, -0.2) is 0 Å². The van der Waals surface area contributed by atoms with Crippen LogP contribution in [0.4, 0.5) is 0 Å². The van der Waals surface area contributed by atoms with Gasteiger partial charge in [0.1, 0.15) is 11.2 Å². The summed E-state index contributed by atoms with van der Waals surface area (Å²) >= 11 is 0. The van der Waals surface area contributed by atoms with Crippen LogP contribution in [0.15, 0.2) is 18.2 Å². The largest absolute Gasteiger partial charge is 0.508 e. The Morgan fingerprint density at radius 3 is 2.65 bits per heavy atom. The molecule has 2 aliphatic heterocycles. The van der Waals surface area contributed by atoms with Gasteiger partial charge in [0.05, 0.1) is 12.7 Å². The second-order valence-electron chi connectivity index (χ2n) is 10.2. The fourth-order valence-electron chi connectivity index (χ4n) is 6.97. The molecule has 3 fully saturated rings. The average molecular weight is 430 g/mol. The lowest BCUT2D eigenvalue weighted by atomic mass is 9.39. The van der Waals surface area contributed by atoms with Crippen LogP contribution >= 0.6 is 0 Å². The number of aromatic hydroxyl groups is 1. The van der Waals surface area contributed by atoms with Gasteiger partial charge in [-0.05, 0) is 68.8 Å². The van der Waals surface area contributed by atoms with Gasteiger partial charge in [-0.3, -0.25) is 14.5 Å². The van der Waals surface area contributed by atoms with Gasteiger partial charge in [-0.2, -0.15) is 0 Å². The monoisotopic (exact) mass is 429 g/mol. The molecule has 4 aliphatic rings. The number of ether oxygens (including phenoxy) is 2. The van der Waals surface area contributed by atoms with Crippen molar-refractivity contribution >= 4 is 11.8 Å². The Morgan fingerprint density at radius 1 is 1.29 bits per heavy atom. The van der Waals surface area contributed by atoms with Crippen LogP contribution in [0.3, 0.4) is 0 Å². The van der Waals surface area contributed by atoms with Gasteiger partial charge in [-0.15, -0.1) is 0 Å². The number of rotatable bonds is 6. The summed E-state index contributed by atoms with van der Waals surface area (Å²) in [5, 5.41) is 10.2. The third-order valence-electron chi connectivity index (χ3n) is 8.91. The highest BCUT2D eigenvalue weighted by Gasteiger charge is 2.73. The van der Waals surface area contributed by atoms with Gasteiger partial charge in [0.15, 0.2) is 5.78 Å². The standard InChI is InChI=1S/C25H35NO5/c1-7-31-22(29)25(21(28)10-15(2)30-6)14-24(4)19-11-16-8-9-17(27)12-18(16)23(24,3)13-20(25)26(19)5/h8-9,12,15,19-20,27H,7,10-11,13-14H2,1-6H3. The zero-order valence-electron chi connectivity index (χ0n) is 19.5. The number of piperidine rings is 2. The summed E-state index contributed by atoms with van der Waals surface area (Å²) in [7, 11) is 3.64. The third-order valence-corrected chi connectivity index (χ3v) is 8.91. The molecule has 170 valence electrons. The number of nitrogens with zero attached hydrogens (tertiary/aromatic N) is 1. The molecule has 0 radical (unpaired) electrons. The summed E-state index contributed by atoms with van der Waals surface area (Å²) in [6.07, 6.45) is 1.90. The summed E-state index contributed by atoms with van der Waals surface area (Å²) in [6, 6.07) is 5.62. The van der Waals surface area contributed by atoms with Crippen LogP contribution in [0.25, 0.3) is 0 Å². The number of fused-ring (bicyclic) bond motifs is 2. The SMILES string of the molecule is CCOC(=O)C1(C(=O)CC(C)OC)CC2(C)C3Cc4ccc(O)cc4C2(C)CC1N3C. The minimum Gasteiger partial charge on any atom is -0.508 e. The molecule has 6 nitrogen and oxygen atoms in total. The number of Topliss-reactive ketones (excluding diaryl/α,β-unsaturated/α-hetero) is 1. The van der Waals surface area contributed by atoms with Gasteiger partial charge in [0.25, 0.3) is 0 Å². The number of phenolic OH excluding ortho intramolecular Hbond substituents is 1. The molecule has 0 spiro atoms. The summed E-state index contributed by atoms with van der Waals surface area (Å²) in [6.45, 7) is 8.36. The Labute approximate surface area is 184 Å². The van der Waals surface area contributed by atoms with Gasteiger partial charge >= 0.3 is 5.97 Å². The van der Waals surface area contributed by atoms with Crippen molar-refractivity contribution < 1.29 is 24.2 Å². The predicted octanol–water partition coefficient (Wildman–Crippen LogP) is 3.23. The Kier molecular flexibility index (Phi) is 5.25. The number of methoxy groups -OCH3 is 1. The molecule has 2 saturated heterocycles. The van der Waals surface area contributed by atoms with Crippen molar-refractivity contribution in [1.29, 1.82) is 0 Å². The Bertz CT molecular complexity index is 915. The van der Waals surface area contributed by atoms with Gasteiger partial charge in [0.2, 0.25) is 0 Å². The minimum atomic E-state index is -1.20. The van der Waals surface area contributed by atoms with Gasteiger partial charge in [0, 0.05) is 31.0 Å². The van der Waals surface area contributed by atoms with Gasteiger partial charge in [-0.1, -0.05) is 19.9 Å². The number of hydrogen-bond donors (Lipinski definition) is 1. The van der Waals surface area contributed by atoms with E-state index in [4.69, 9.17) is 9.47 Å². The van der Waals surface area contributed by atoms with E-state index in [-0.39, 0.29) is 53.6 Å². The van der Waals surface area contributed by atoms with Crippen LogP contribution in [-0.4, -0.2) is 60.7 Å². The number of benzene rings is 1. The van der Waals surface area contributed by atoms with Crippen molar-refractivity contribution in [2.45, 2.75) is 77.0 Å². The zero-order valence-corrected chi connectivity index (χ0v) is 19.5. The molecule has 4 bridgehead atoms. The Hall–Kier alpha value is -1.92. The third kappa shape index (κ3) is 2.83. The van der Waals surface area contributed by atoms with Crippen LogP contribution in [0.2, 0.25) is 0 Å². The minimum absolute atomic E-state index is 0.0828. The first-order valence-electron chi connectivity index (χ1n) is 11.3. The van der Waals surface area contributed by atoms with Crippen molar-refractivity contribution in [3.8, 4) is 5.75 Å². The molecule has 1 saturated carbocycles. The number of carbonyl (C=O) groups is 2. The normalized spacial score (nSPS) is 37.2. The Morgan fingerprint density at radius 2 is 2.00 bits per heavy atom. The van der Waals surface area contributed by atoms with E-state index in [2.05, 4.69) is 25.8 Å². The van der Waals surface area contributed by atoms with Crippen LogP contribution in [0.5, 0.6) is 5.75 Å². The molecule has 2 aliphatic carbocycles. The second kappa shape index (κ2) is 7.31. The van der Waals surface area contributed by atoms with E-state index in [9.17, 15) is 14.7 Å². The summed E-state index contributed by atoms with van der Waals surface area (Å²) in [5.41, 5.74) is 0.632. The molecule has 6 atom stereocenters. The topological polar surface area (TPSA) is 76.1 Å². The maximum atomic E-state index is 13.8. The maximum Gasteiger partial charge on any atom is 0.321 e. The molecule has 6 heteroatoms. The van der Waals surface area contributed by atoms with Crippen molar-refractivity contribution in [2.24, 2.45) is 10.8 Å². The number of carbonyl (C=O) groups excluding carboxylic acids is 2. The summed E-state index contributed by atoms with van der Waals surface area (Å²) in [4.78, 5) is 29.5. The molecular formula is C25H35NO5. The molecule has 1 aromatic carbocycles. The number of esters is 1. The van der Waals surface area contributed by atoms with E-state index in [0.29, 0.717) is 12.8 Å². The summed E-state index contributed by atoms with van der Waals surface area (Å²) < 4.78 is 10.9. The van der Waals surface area contributed by atoms with E-state index < -0.39 is 11.4 Å². The fourth-order valence-corrected chi connectivity index (χ4v) is 6.97. The van der Waals surface area contributed by atoms with Crippen LogP contribution in [0, 0.1) is 10.8 Å². The van der Waals surface area contributed by atoms with E-state index in [0.717, 1.165) is 12.0 Å². The molecule has 5 rings (SSSR count). The second-order valence-corrected chi connectivity index (χ2v) is 10.2. The first-order valence-corrected chi connectivity index (χ1v) is 11.3. The zero-order chi connectivity index (χ0) is 22.8. The first-order chi connectivity index (χ1) is 14.5. The lowest BCUT2D eigenvalue weighted by Crippen LogP contribution is -2.78. The number of ketones is 1. The predicted molar refractivity (Wildman–Crippen MR) is 117 cm³/mol. The highest BCUT2D eigenvalue weighted by atomic mass is 16.5. The molecule has 0 amide bonds. The molecule has 0 aromatic heterocycles. The van der Waals surface area contributed by atoms with E-state index >= 15 is 0 Å².